The molecule has 1 aliphatic heterocycles. The van der Waals surface area contributed by atoms with E-state index in [-0.39, 0.29) is 5.04 Å². The van der Waals surface area contributed by atoms with Crippen molar-refractivity contribution in [2.75, 3.05) is 0 Å². The van der Waals surface area contributed by atoms with Crippen LogP contribution in [0, 0.1) is 0 Å². The van der Waals surface area contributed by atoms with Gasteiger partial charge >= 0.3 is 6.18 Å². The van der Waals surface area contributed by atoms with E-state index in [2.05, 4.69) is 10.2 Å². The van der Waals surface area contributed by atoms with E-state index in [0.717, 1.165) is 0 Å². The number of hydrogen-bond donors (Lipinski definition) is 0. The largest absolute Gasteiger partial charge is 0.442 e. The summed E-state index contributed by atoms with van der Waals surface area (Å²) in [5.41, 5.74) is 0. The van der Waals surface area contributed by atoms with E-state index in [1.165, 1.54) is 6.92 Å². The number of halogens is 3. The predicted octanol–water partition coefficient (Wildman–Crippen LogP) is 0.707. The second-order valence-corrected chi connectivity index (χ2v) is 5.73. The van der Waals surface area contributed by atoms with Gasteiger partial charge in [0.15, 0.2) is 0 Å². The van der Waals surface area contributed by atoms with E-state index >= 15 is 0 Å². The van der Waals surface area contributed by atoms with Gasteiger partial charge in [-0.2, -0.15) is 21.6 Å². The van der Waals surface area contributed by atoms with Crippen LogP contribution in [-0.2, 0) is 18.7 Å². The summed E-state index contributed by atoms with van der Waals surface area (Å²) in [5.74, 6) is 0. The second kappa shape index (κ2) is 3.22. The molecule has 0 aliphatic carbocycles. The molecule has 1 rings (SSSR count). The van der Waals surface area contributed by atoms with Crippen molar-refractivity contribution >= 4 is 28.8 Å². The molecule has 0 N–H and O–H groups in total. The van der Waals surface area contributed by atoms with Crippen molar-refractivity contribution in [2.45, 2.75) is 13.1 Å². The van der Waals surface area contributed by atoms with Gasteiger partial charge in [-0.25, -0.2) is 0 Å². The summed E-state index contributed by atoms with van der Waals surface area (Å²) in [6.45, 7) is 1.20. The molecule has 0 spiro atoms. The average Bonchev–Trinajstić information content (AvgIpc) is 2.28. The maximum Gasteiger partial charge on any atom is 0.442 e. The molecular weight excluding hydrogens is 229 g/mol. The second-order valence-electron chi connectivity index (χ2n) is 1.99. The fraction of sp³-hybridized carbons (Fsp3) is 0.500. The molecule has 0 amide bonds. The molecule has 1 unspecified atom stereocenters. The van der Waals surface area contributed by atoms with E-state index in [9.17, 15) is 21.6 Å². The van der Waals surface area contributed by atoms with Gasteiger partial charge in [-0.3, -0.25) is 0 Å². The van der Waals surface area contributed by atoms with Crippen LogP contribution >= 0.6 is 0 Å². The summed E-state index contributed by atoms with van der Waals surface area (Å²) in [7, 11) is -4.89. The van der Waals surface area contributed by atoms with Gasteiger partial charge in [-0.1, -0.05) is 0 Å². The van der Waals surface area contributed by atoms with Crippen LogP contribution in [0.1, 0.15) is 6.92 Å². The van der Waals surface area contributed by atoms with Gasteiger partial charge in [0.05, 0.1) is 0 Å². The number of alkyl halides is 3. The van der Waals surface area contributed by atoms with Gasteiger partial charge in [0.25, 0.3) is 9.26 Å². The molecule has 9 heteroatoms. The molecule has 0 bridgehead atoms. The Bertz CT molecular complexity index is 423. The highest BCUT2D eigenvalue weighted by Crippen LogP contribution is 2.23. The van der Waals surface area contributed by atoms with Crippen molar-refractivity contribution in [1.82, 2.24) is 0 Å². The van der Waals surface area contributed by atoms with Crippen LogP contribution in [0.3, 0.4) is 0 Å². The lowest BCUT2D eigenvalue weighted by Crippen LogP contribution is -2.27. The van der Waals surface area contributed by atoms with Crippen LogP contribution in [0.4, 0.5) is 13.2 Å². The van der Waals surface area contributed by atoms with Crippen LogP contribution in [0.15, 0.2) is 10.2 Å². The molecule has 0 aromatic rings. The van der Waals surface area contributed by atoms with Crippen LogP contribution < -0.4 is 0 Å². The topological polar surface area (TPSA) is 58.9 Å². The van der Waals surface area contributed by atoms with Gasteiger partial charge in [0.2, 0.25) is 5.04 Å². The van der Waals surface area contributed by atoms with Crippen molar-refractivity contribution in [3.05, 3.63) is 0 Å². The fourth-order valence-corrected chi connectivity index (χ4v) is 3.16. The first kappa shape index (κ1) is 10.4. The zero-order valence-corrected chi connectivity index (χ0v) is 7.79. The molecule has 1 atom stereocenters. The Morgan fingerprint density at radius 2 is 1.85 bits per heavy atom. The molecule has 0 fully saturated rings. The highest BCUT2D eigenvalue weighted by atomic mass is 32.9. The van der Waals surface area contributed by atoms with E-state index in [0.29, 0.717) is 0 Å². The van der Waals surface area contributed by atoms with Crippen LogP contribution in [0.25, 0.3) is 0 Å². The highest BCUT2D eigenvalue weighted by molar-refractivity contribution is 8.49. The minimum absolute atomic E-state index is 0.138. The Labute approximate surface area is 74.3 Å². The van der Waals surface area contributed by atoms with Crippen LogP contribution in [0.5, 0.6) is 0 Å². The zero-order valence-electron chi connectivity index (χ0n) is 6.16. The molecule has 74 valence electrons. The van der Waals surface area contributed by atoms with Crippen molar-refractivity contribution < 1.29 is 21.6 Å². The Kier molecular flexibility index (Phi) is 2.57. The summed E-state index contributed by atoms with van der Waals surface area (Å²) in [5, 5.41) is 4.39. The lowest BCUT2D eigenvalue weighted by Gasteiger charge is -2.04. The van der Waals surface area contributed by atoms with Gasteiger partial charge in [0, 0.05) is 9.45 Å². The van der Waals surface area contributed by atoms with Crippen molar-refractivity contribution in [2.24, 2.45) is 10.2 Å². The van der Waals surface area contributed by atoms with E-state index < -0.39 is 29.9 Å². The minimum atomic E-state index is -4.73. The van der Waals surface area contributed by atoms with Crippen molar-refractivity contribution in [1.29, 1.82) is 0 Å². The first-order valence-electron chi connectivity index (χ1n) is 2.87. The Morgan fingerprint density at radius 1 is 1.31 bits per heavy atom. The first-order chi connectivity index (χ1) is 5.84. The monoisotopic (exact) mass is 232 g/mol. The summed E-state index contributed by atoms with van der Waals surface area (Å²) in [6, 6.07) is 0. The Balaban J connectivity index is 3.32. The summed E-state index contributed by atoms with van der Waals surface area (Å²) < 4.78 is 57.1. The standard InChI is InChI=1S/C4H3F3N2O2S2/c1-2-8-9-3(4(5,6)7)12(2)13(10)11/h1H3. The molecule has 0 saturated carbocycles. The molecule has 1 aliphatic rings. The lowest BCUT2D eigenvalue weighted by atomic mass is 10.7. The number of hydrogen-bond acceptors (Lipinski definition) is 4. The predicted molar refractivity (Wildman–Crippen MR) is 42.9 cm³/mol. The van der Waals surface area contributed by atoms with Crippen molar-refractivity contribution in [3.63, 3.8) is 0 Å². The average molecular weight is 232 g/mol. The normalized spacial score (nSPS) is 22.6. The first-order valence-corrected chi connectivity index (χ1v) is 5.69. The molecular formula is C4H3F3N2O2S2. The summed E-state index contributed by atoms with van der Waals surface area (Å²) in [6.07, 6.45) is -4.73. The highest BCUT2D eigenvalue weighted by Gasteiger charge is 2.42. The molecule has 1 heterocycles. The number of rotatable bonds is 0. The number of nitrogens with zero attached hydrogens (tertiary/aromatic N) is 2. The third-order valence-electron chi connectivity index (χ3n) is 1.10. The molecule has 0 saturated heterocycles. The van der Waals surface area contributed by atoms with Crippen molar-refractivity contribution in [3.8, 4) is 0 Å². The maximum atomic E-state index is 12.1. The van der Waals surface area contributed by atoms with E-state index in [4.69, 9.17) is 0 Å². The minimum Gasteiger partial charge on any atom is -0.177 e. The Morgan fingerprint density at radius 3 is 2.15 bits per heavy atom. The van der Waals surface area contributed by atoms with Crippen LogP contribution in [0.2, 0.25) is 0 Å². The third-order valence-corrected chi connectivity index (χ3v) is 4.67. The van der Waals surface area contributed by atoms with Crippen LogP contribution in [-0.4, -0.2) is 24.7 Å². The van der Waals surface area contributed by atoms with E-state index in [1.807, 2.05) is 0 Å². The maximum absolute atomic E-state index is 12.1. The van der Waals surface area contributed by atoms with Gasteiger partial charge in [0.1, 0.15) is 5.04 Å². The zero-order chi connectivity index (χ0) is 10.2. The smallest absolute Gasteiger partial charge is 0.177 e. The molecule has 13 heavy (non-hydrogen) atoms. The quantitative estimate of drug-likeness (QED) is 0.617. The van der Waals surface area contributed by atoms with E-state index in [1.54, 1.807) is 0 Å². The molecule has 0 aromatic carbocycles. The lowest BCUT2D eigenvalue weighted by molar-refractivity contribution is -0.0555. The van der Waals surface area contributed by atoms with Gasteiger partial charge < -0.3 is 0 Å². The Hall–Kier alpha value is -0.700. The van der Waals surface area contributed by atoms with Gasteiger partial charge in [-0.15, -0.1) is 10.2 Å². The fourth-order valence-electron chi connectivity index (χ4n) is 0.655. The molecule has 0 aromatic heterocycles. The molecule has 4 nitrogen and oxygen atoms in total. The molecule has 0 radical (unpaired) electrons. The third kappa shape index (κ3) is 1.97. The summed E-state index contributed by atoms with van der Waals surface area (Å²) in [4.78, 5) is 0. The SMILES string of the molecule is CC1=NN=C(C(F)(F)F)S1=S(=O)=O. The summed E-state index contributed by atoms with van der Waals surface area (Å²) >= 11 is 0. The van der Waals surface area contributed by atoms with Gasteiger partial charge in [-0.05, 0) is 6.92 Å².